The van der Waals surface area contributed by atoms with E-state index in [1.54, 1.807) is 0 Å². The van der Waals surface area contributed by atoms with Crippen molar-refractivity contribution in [3.8, 4) is 0 Å². The van der Waals surface area contributed by atoms with Gasteiger partial charge in [-0.1, -0.05) is 0 Å². The average Bonchev–Trinajstić information content (AvgIpc) is 2.98. The minimum atomic E-state index is 0.165. The zero-order chi connectivity index (χ0) is 13.9. The molecule has 0 atom stereocenters. The summed E-state index contributed by atoms with van der Waals surface area (Å²) in [6.45, 7) is 3.03. The van der Waals surface area contributed by atoms with E-state index in [0.29, 0.717) is 35.8 Å². The number of morpholine rings is 1. The smallest absolute Gasteiger partial charge is 0.163 e. The Bertz CT molecular complexity index is 636. The molecule has 1 saturated heterocycles. The van der Waals surface area contributed by atoms with Crippen molar-refractivity contribution in [3.63, 3.8) is 0 Å². The maximum atomic E-state index is 5.66. The monoisotopic (exact) mass is 295 g/mol. The molecule has 0 aliphatic carbocycles. The Balaban J connectivity index is 2.04. The first kappa shape index (κ1) is 13.1. The molecule has 0 unspecified atom stereocenters. The van der Waals surface area contributed by atoms with Crippen molar-refractivity contribution in [1.82, 2.24) is 10.3 Å². The molecule has 1 aliphatic rings. The van der Waals surface area contributed by atoms with E-state index < -0.39 is 0 Å². The van der Waals surface area contributed by atoms with Crippen LogP contribution in [0, 0.1) is 0 Å². The molecular formula is C12H14ClN5O2. The maximum absolute atomic E-state index is 5.66. The number of hydrogen-bond donors (Lipinski definition) is 1. The number of aliphatic imine (C=N–C) groups is 1. The highest BCUT2D eigenvalue weighted by Gasteiger charge is 2.18. The number of anilines is 1. The first-order valence-corrected chi connectivity index (χ1v) is 6.80. The Labute approximate surface area is 120 Å². The molecule has 0 spiro atoms. The molecule has 1 aromatic carbocycles. The summed E-state index contributed by atoms with van der Waals surface area (Å²) >= 11 is 5.64. The Morgan fingerprint density at radius 1 is 1.30 bits per heavy atom. The number of rotatable bonds is 3. The Morgan fingerprint density at radius 3 is 2.80 bits per heavy atom. The molecule has 1 aromatic heterocycles. The third-order valence-electron chi connectivity index (χ3n) is 3.13. The van der Waals surface area contributed by atoms with Crippen molar-refractivity contribution in [2.24, 2.45) is 10.7 Å². The van der Waals surface area contributed by atoms with Crippen LogP contribution >= 0.6 is 11.6 Å². The summed E-state index contributed by atoms with van der Waals surface area (Å²) in [4.78, 5) is 6.41. The first-order chi connectivity index (χ1) is 9.79. The van der Waals surface area contributed by atoms with Crippen LogP contribution < -0.4 is 10.6 Å². The third-order valence-corrected chi connectivity index (χ3v) is 3.40. The van der Waals surface area contributed by atoms with Crippen LogP contribution in [0.3, 0.4) is 0 Å². The highest BCUT2D eigenvalue weighted by Crippen LogP contribution is 2.31. The van der Waals surface area contributed by atoms with Crippen molar-refractivity contribution < 1.29 is 9.37 Å². The van der Waals surface area contributed by atoms with E-state index in [9.17, 15) is 0 Å². The molecule has 8 heteroatoms. The van der Waals surface area contributed by atoms with Gasteiger partial charge in [0, 0.05) is 13.1 Å². The van der Waals surface area contributed by atoms with Crippen LogP contribution in [-0.4, -0.2) is 48.3 Å². The predicted octanol–water partition coefficient (Wildman–Crippen LogP) is 1.29. The quantitative estimate of drug-likeness (QED) is 0.521. The van der Waals surface area contributed by atoms with Gasteiger partial charge in [-0.05, 0) is 22.4 Å². The van der Waals surface area contributed by atoms with E-state index in [1.807, 2.05) is 12.1 Å². The molecule has 2 aromatic rings. The lowest BCUT2D eigenvalue weighted by Crippen LogP contribution is -2.36. The van der Waals surface area contributed by atoms with Crippen molar-refractivity contribution in [2.75, 3.05) is 37.1 Å². The van der Waals surface area contributed by atoms with Gasteiger partial charge in [-0.15, -0.1) is 11.6 Å². The van der Waals surface area contributed by atoms with Gasteiger partial charge in [-0.2, -0.15) is 0 Å². The van der Waals surface area contributed by atoms with Crippen molar-refractivity contribution in [1.29, 1.82) is 0 Å². The van der Waals surface area contributed by atoms with E-state index >= 15 is 0 Å². The lowest BCUT2D eigenvalue weighted by atomic mass is 10.2. The summed E-state index contributed by atoms with van der Waals surface area (Å²) in [5.74, 6) is 0.493. The molecule has 7 nitrogen and oxygen atoms in total. The van der Waals surface area contributed by atoms with Crippen molar-refractivity contribution >= 4 is 39.8 Å². The van der Waals surface area contributed by atoms with Crippen LogP contribution in [0.4, 0.5) is 11.4 Å². The molecule has 0 amide bonds. The fraction of sp³-hybridized carbons (Fsp3) is 0.417. The van der Waals surface area contributed by atoms with Crippen LogP contribution in [-0.2, 0) is 4.74 Å². The second-order valence-electron chi connectivity index (χ2n) is 4.40. The second kappa shape index (κ2) is 5.64. The van der Waals surface area contributed by atoms with Gasteiger partial charge < -0.3 is 15.4 Å². The summed E-state index contributed by atoms with van der Waals surface area (Å²) in [5.41, 5.74) is 8.49. The van der Waals surface area contributed by atoms with Crippen LogP contribution in [0.1, 0.15) is 0 Å². The summed E-state index contributed by atoms with van der Waals surface area (Å²) in [5, 5.41) is 7.89. The number of benzene rings is 1. The van der Waals surface area contributed by atoms with Gasteiger partial charge in [-0.3, -0.25) is 0 Å². The summed E-state index contributed by atoms with van der Waals surface area (Å²) in [6.07, 6.45) is 0. The molecule has 1 fully saturated rings. The number of alkyl halides is 1. The van der Waals surface area contributed by atoms with Crippen molar-refractivity contribution in [2.45, 2.75) is 0 Å². The largest absolute Gasteiger partial charge is 0.386 e. The number of ether oxygens (including phenoxy) is 1. The van der Waals surface area contributed by atoms with E-state index in [1.165, 1.54) is 0 Å². The minimum Gasteiger partial charge on any atom is -0.386 e. The molecule has 2 N–H and O–H groups in total. The first-order valence-electron chi connectivity index (χ1n) is 6.26. The van der Waals surface area contributed by atoms with Gasteiger partial charge in [0.25, 0.3) is 0 Å². The molecule has 2 heterocycles. The van der Waals surface area contributed by atoms with Gasteiger partial charge in [0.05, 0.1) is 30.5 Å². The summed E-state index contributed by atoms with van der Waals surface area (Å²) < 4.78 is 10.2. The highest BCUT2D eigenvalue weighted by atomic mass is 35.5. The van der Waals surface area contributed by atoms with Gasteiger partial charge in [0.2, 0.25) is 0 Å². The van der Waals surface area contributed by atoms with Gasteiger partial charge >= 0.3 is 0 Å². The lowest BCUT2D eigenvalue weighted by molar-refractivity contribution is 0.123. The standard InChI is InChI=1S/C12H14ClN5O2/c13-7-10(14)15-8-1-2-9(12-11(8)16-20-17-12)18-3-5-19-6-4-18/h1-2H,3-7H2,(H2,14,15). The van der Waals surface area contributed by atoms with Crippen LogP contribution in [0.25, 0.3) is 11.0 Å². The fourth-order valence-electron chi connectivity index (χ4n) is 2.17. The highest BCUT2D eigenvalue weighted by molar-refractivity contribution is 6.28. The average molecular weight is 296 g/mol. The van der Waals surface area contributed by atoms with E-state index in [2.05, 4.69) is 20.2 Å². The normalized spacial score (nSPS) is 16.9. The third kappa shape index (κ3) is 2.41. The number of halogens is 1. The van der Waals surface area contributed by atoms with E-state index in [0.717, 1.165) is 18.8 Å². The molecule has 20 heavy (non-hydrogen) atoms. The number of fused-ring (bicyclic) bond motifs is 1. The predicted molar refractivity (Wildman–Crippen MR) is 76.8 cm³/mol. The summed E-state index contributed by atoms with van der Waals surface area (Å²) in [7, 11) is 0. The van der Waals surface area contributed by atoms with Crippen LogP contribution in [0.5, 0.6) is 0 Å². The van der Waals surface area contributed by atoms with Gasteiger partial charge in [0.1, 0.15) is 5.84 Å². The minimum absolute atomic E-state index is 0.165. The molecular weight excluding hydrogens is 282 g/mol. The van der Waals surface area contributed by atoms with Gasteiger partial charge in [0.15, 0.2) is 11.0 Å². The second-order valence-corrected chi connectivity index (χ2v) is 4.67. The Morgan fingerprint density at radius 2 is 2.05 bits per heavy atom. The van der Waals surface area contributed by atoms with E-state index in [4.69, 9.17) is 26.7 Å². The number of nitrogens with zero attached hydrogens (tertiary/aromatic N) is 4. The van der Waals surface area contributed by atoms with E-state index in [-0.39, 0.29) is 5.88 Å². The number of nitrogens with two attached hydrogens (primary N) is 1. The Hall–Kier alpha value is -1.86. The Kier molecular flexibility index (Phi) is 3.70. The molecule has 0 radical (unpaired) electrons. The lowest BCUT2D eigenvalue weighted by Gasteiger charge is -2.28. The fourth-order valence-corrected chi connectivity index (χ4v) is 2.23. The van der Waals surface area contributed by atoms with Crippen molar-refractivity contribution in [3.05, 3.63) is 12.1 Å². The number of hydrogen-bond acceptors (Lipinski definition) is 6. The summed E-state index contributed by atoms with van der Waals surface area (Å²) in [6, 6.07) is 3.79. The molecule has 3 rings (SSSR count). The molecule has 0 saturated carbocycles. The number of amidine groups is 1. The molecule has 106 valence electrons. The maximum Gasteiger partial charge on any atom is 0.163 e. The SMILES string of the molecule is NC(CCl)=Nc1ccc(N2CCOCC2)c2nonc12. The number of aromatic nitrogens is 2. The zero-order valence-corrected chi connectivity index (χ0v) is 11.5. The van der Waals surface area contributed by atoms with Crippen LogP contribution in [0.15, 0.2) is 21.8 Å². The topological polar surface area (TPSA) is 89.8 Å². The zero-order valence-electron chi connectivity index (χ0n) is 10.8. The van der Waals surface area contributed by atoms with Crippen LogP contribution in [0.2, 0.25) is 0 Å². The molecule has 0 bridgehead atoms. The van der Waals surface area contributed by atoms with Gasteiger partial charge in [-0.25, -0.2) is 9.62 Å². The molecule has 1 aliphatic heterocycles.